The van der Waals surface area contributed by atoms with Gasteiger partial charge in [0.15, 0.2) is 0 Å². The zero-order valence-electron chi connectivity index (χ0n) is 13.7. The van der Waals surface area contributed by atoms with Crippen molar-refractivity contribution in [2.24, 2.45) is 5.92 Å². The number of hydrogen-bond acceptors (Lipinski definition) is 2. The Balaban J connectivity index is 2.00. The van der Waals surface area contributed by atoms with Gasteiger partial charge in [-0.2, -0.15) is 0 Å². The second kappa shape index (κ2) is 6.95. The Hall–Kier alpha value is -1.84. The van der Waals surface area contributed by atoms with Crippen LogP contribution < -0.4 is 10.6 Å². The Labute approximate surface area is 132 Å². The molecule has 120 valence electrons. The van der Waals surface area contributed by atoms with Crippen LogP contribution in [0.5, 0.6) is 0 Å². The van der Waals surface area contributed by atoms with E-state index >= 15 is 0 Å². The average Bonchev–Trinajstić information content (AvgIpc) is 3.27. The van der Waals surface area contributed by atoms with E-state index in [1.54, 1.807) is 0 Å². The molecule has 0 spiro atoms. The van der Waals surface area contributed by atoms with Gasteiger partial charge in [0, 0.05) is 18.7 Å². The van der Waals surface area contributed by atoms with E-state index in [1.807, 2.05) is 31.2 Å². The summed E-state index contributed by atoms with van der Waals surface area (Å²) >= 11 is 0. The summed E-state index contributed by atoms with van der Waals surface area (Å²) in [4.78, 5) is 24.0. The van der Waals surface area contributed by atoms with Gasteiger partial charge in [-0.15, -0.1) is 0 Å². The van der Waals surface area contributed by atoms with Crippen LogP contribution in [0.3, 0.4) is 0 Å². The highest BCUT2D eigenvalue weighted by molar-refractivity contribution is 5.92. The summed E-state index contributed by atoms with van der Waals surface area (Å²) in [6, 6.07) is 7.70. The predicted octanol–water partition coefficient (Wildman–Crippen LogP) is 3.23. The average molecular weight is 302 g/mol. The zero-order valence-corrected chi connectivity index (χ0v) is 13.7. The minimum atomic E-state index is -0.346. The van der Waals surface area contributed by atoms with Crippen LogP contribution in [0, 0.1) is 5.92 Å². The summed E-state index contributed by atoms with van der Waals surface area (Å²) in [6.45, 7) is 6.88. The fourth-order valence-electron chi connectivity index (χ4n) is 2.56. The molecule has 4 nitrogen and oxygen atoms in total. The first-order valence-corrected chi connectivity index (χ1v) is 8.16. The molecule has 1 aromatic rings. The fourth-order valence-corrected chi connectivity index (χ4v) is 2.56. The Morgan fingerprint density at radius 2 is 1.82 bits per heavy atom. The molecule has 2 N–H and O–H groups in total. The molecule has 0 radical (unpaired) electrons. The first-order valence-electron chi connectivity index (χ1n) is 8.16. The van der Waals surface area contributed by atoms with Crippen molar-refractivity contribution >= 4 is 17.5 Å². The second-order valence-corrected chi connectivity index (χ2v) is 6.56. The summed E-state index contributed by atoms with van der Waals surface area (Å²) in [7, 11) is 0. The minimum absolute atomic E-state index is 0.0334. The molecule has 0 bridgehead atoms. The van der Waals surface area contributed by atoms with Crippen LogP contribution >= 0.6 is 0 Å². The van der Waals surface area contributed by atoms with E-state index in [0.29, 0.717) is 18.9 Å². The lowest BCUT2D eigenvalue weighted by Crippen LogP contribution is -2.36. The van der Waals surface area contributed by atoms with E-state index in [1.165, 1.54) is 0 Å². The Morgan fingerprint density at radius 3 is 2.32 bits per heavy atom. The molecular formula is C18H26N2O2. The van der Waals surface area contributed by atoms with Crippen molar-refractivity contribution in [2.75, 3.05) is 11.9 Å². The van der Waals surface area contributed by atoms with Crippen LogP contribution in [-0.2, 0) is 15.0 Å². The standard InChI is InChI=1S/C18H26N2O2/c1-4-5-16(21)20-15-8-6-14(7-9-15)18(10-11-18)17(22)19-12-13(2)3/h6-9,13H,4-5,10-12H2,1-3H3,(H,19,22)(H,20,21). The Kier molecular flexibility index (Phi) is 5.22. The number of hydrogen-bond donors (Lipinski definition) is 2. The number of carbonyl (C=O) groups excluding carboxylic acids is 2. The van der Waals surface area contributed by atoms with E-state index in [2.05, 4.69) is 24.5 Å². The topological polar surface area (TPSA) is 58.2 Å². The largest absolute Gasteiger partial charge is 0.355 e. The number of nitrogens with one attached hydrogen (secondary N) is 2. The highest BCUT2D eigenvalue weighted by Crippen LogP contribution is 2.48. The molecule has 1 aliphatic carbocycles. The van der Waals surface area contributed by atoms with Crippen molar-refractivity contribution in [1.29, 1.82) is 0 Å². The first-order chi connectivity index (χ1) is 10.5. The third-order valence-corrected chi connectivity index (χ3v) is 4.05. The molecule has 2 rings (SSSR count). The van der Waals surface area contributed by atoms with E-state index in [-0.39, 0.29) is 17.2 Å². The van der Waals surface area contributed by atoms with Gasteiger partial charge in [-0.3, -0.25) is 9.59 Å². The van der Waals surface area contributed by atoms with E-state index in [4.69, 9.17) is 0 Å². The summed E-state index contributed by atoms with van der Waals surface area (Å²) < 4.78 is 0. The lowest BCUT2D eigenvalue weighted by Gasteiger charge is -2.17. The van der Waals surface area contributed by atoms with Crippen LogP contribution in [0.1, 0.15) is 52.0 Å². The number of rotatable bonds is 7. The molecule has 0 unspecified atom stereocenters. The zero-order chi connectivity index (χ0) is 16.2. The molecule has 4 heteroatoms. The van der Waals surface area contributed by atoms with Crippen LogP contribution in [-0.4, -0.2) is 18.4 Å². The third kappa shape index (κ3) is 3.87. The van der Waals surface area contributed by atoms with E-state index in [0.717, 1.165) is 30.5 Å². The molecule has 0 aromatic heterocycles. The summed E-state index contributed by atoms with van der Waals surface area (Å²) in [5.74, 6) is 0.617. The number of anilines is 1. The molecular weight excluding hydrogens is 276 g/mol. The molecule has 1 aromatic carbocycles. The van der Waals surface area contributed by atoms with Crippen LogP contribution in [0.25, 0.3) is 0 Å². The van der Waals surface area contributed by atoms with Crippen molar-refractivity contribution in [3.8, 4) is 0 Å². The molecule has 2 amide bonds. The van der Waals surface area contributed by atoms with Crippen molar-refractivity contribution in [3.05, 3.63) is 29.8 Å². The molecule has 22 heavy (non-hydrogen) atoms. The second-order valence-electron chi connectivity index (χ2n) is 6.56. The lowest BCUT2D eigenvalue weighted by molar-refractivity contribution is -0.123. The summed E-state index contributed by atoms with van der Waals surface area (Å²) in [5, 5.41) is 5.91. The summed E-state index contributed by atoms with van der Waals surface area (Å²) in [5.41, 5.74) is 1.49. The maximum absolute atomic E-state index is 12.4. The maximum Gasteiger partial charge on any atom is 0.230 e. The van der Waals surface area contributed by atoms with E-state index < -0.39 is 0 Å². The van der Waals surface area contributed by atoms with Crippen molar-refractivity contribution in [3.63, 3.8) is 0 Å². The normalized spacial score (nSPS) is 15.5. The smallest absolute Gasteiger partial charge is 0.230 e. The summed E-state index contributed by atoms with van der Waals surface area (Å²) in [6.07, 6.45) is 3.17. The van der Waals surface area contributed by atoms with Gasteiger partial charge in [0.2, 0.25) is 11.8 Å². The van der Waals surface area contributed by atoms with Gasteiger partial charge in [0.1, 0.15) is 0 Å². The molecule has 0 atom stereocenters. The minimum Gasteiger partial charge on any atom is -0.355 e. The van der Waals surface area contributed by atoms with Crippen LogP contribution in [0.2, 0.25) is 0 Å². The lowest BCUT2D eigenvalue weighted by atomic mass is 9.94. The van der Waals surface area contributed by atoms with Crippen molar-refractivity contribution in [1.82, 2.24) is 5.32 Å². The molecule has 0 saturated heterocycles. The maximum atomic E-state index is 12.4. The van der Waals surface area contributed by atoms with Gasteiger partial charge in [-0.05, 0) is 42.9 Å². The number of carbonyl (C=O) groups is 2. The van der Waals surface area contributed by atoms with Gasteiger partial charge in [0.25, 0.3) is 0 Å². The van der Waals surface area contributed by atoms with Crippen LogP contribution in [0.4, 0.5) is 5.69 Å². The number of benzene rings is 1. The molecule has 0 aliphatic heterocycles. The monoisotopic (exact) mass is 302 g/mol. The Morgan fingerprint density at radius 1 is 1.18 bits per heavy atom. The third-order valence-electron chi connectivity index (χ3n) is 4.05. The van der Waals surface area contributed by atoms with Crippen molar-refractivity contribution in [2.45, 2.75) is 51.9 Å². The number of amides is 2. The van der Waals surface area contributed by atoms with E-state index in [9.17, 15) is 9.59 Å². The molecule has 1 fully saturated rings. The molecule has 1 aliphatic rings. The fraction of sp³-hybridized carbons (Fsp3) is 0.556. The van der Waals surface area contributed by atoms with Crippen LogP contribution in [0.15, 0.2) is 24.3 Å². The van der Waals surface area contributed by atoms with Gasteiger partial charge >= 0.3 is 0 Å². The molecule has 0 heterocycles. The van der Waals surface area contributed by atoms with Gasteiger partial charge < -0.3 is 10.6 Å². The quantitative estimate of drug-likeness (QED) is 0.812. The highest BCUT2D eigenvalue weighted by atomic mass is 16.2. The van der Waals surface area contributed by atoms with Crippen molar-refractivity contribution < 1.29 is 9.59 Å². The SMILES string of the molecule is CCCC(=O)Nc1ccc(C2(C(=O)NCC(C)C)CC2)cc1. The first kappa shape index (κ1) is 16.5. The molecule has 1 saturated carbocycles. The Bertz CT molecular complexity index is 531. The highest BCUT2D eigenvalue weighted by Gasteiger charge is 2.51. The van der Waals surface area contributed by atoms with Gasteiger partial charge in [-0.1, -0.05) is 32.9 Å². The van der Waals surface area contributed by atoms with Gasteiger partial charge in [0.05, 0.1) is 5.41 Å². The predicted molar refractivity (Wildman–Crippen MR) is 88.7 cm³/mol. The van der Waals surface area contributed by atoms with Gasteiger partial charge in [-0.25, -0.2) is 0 Å².